The van der Waals surface area contributed by atoms with Gasteiger partial charge in [-0.1, -0.05) is 37.8 Å². The average molecular weight is 358 g/mol. The molecule has 1 aromatic rings. The molecule has 0 aromatic heterocycles. The lowest BCUT2D eigenvalue weighted by Crippen LogP contribution is -2.46. The van der Waals surface area contributed by atoms with E-state index in [1.54, 1.807) is 0 Å². The minimum atomic E-state index is -0.375. The highest BCUT2D eigenvalue weighted by Gasteiger charge is 2.40. The van der Waals surface area contributed by atoms with Crippen LogP contribution >= 0.6 is 0 Å². The Kier molecular flexibility index (Phi) is 6.98. The molecule has 2 rings (SSSR count). The molecule has 5 heteroatoms. The fraction of sp³-hybridized carbons (Fsp3) is 0.524. The molecule has 2 atom stereocenters. The van der Waals surface area contributed by atoms with E-state index in [9.17, 15) is 9.59 Å². The molecule has 2 amide bonds. The molecule has 1 heterocycles. The smallest absolute Gasteiger partial charge is 0.243 e. The van der Waals surface area contributed by atoms with Gasteiger partial charge in [0.25, 0.3) is 0 Å². The number of ether oxygens (including phenoxy) is 1. The Morgan fingerprint density at radius 3 is 2.31 bits per heavy atom. The van der Waals surface area contributed by atoms with Crippen molar-refractivity contribution in [3.05, 3.63) is 48.0 Å². The topological polar surface area (TPSA) is 67.4 Å². The molecule has 0 radical (unpaired) electrons. The van der Waals surface area contributed by atoms with Gasteiger partial charge in [0, 0.05) is 13.1 Å². The maximum absolute atomic E-state index is 12.7. The van der Waals surface area contributed by atoms with Crippen molar-refractivity contribution in [1.29, 1.82) is 0 Å². The molecule has 5 nitrogen and oxygen atoms in total. The minimum Gasteiger partial charge on any atom is -0.375 e. The second kappa shape index (κ2) is 8.99. The van der Waals surface area contributed by atoms with Crippen molar-refractivity contribution in [3.63, 3.8) is 0 Å². The van der Waals surface area contributed by atoms with Crippen molar-refractivity contribution in [3.8, 4) is 0 Å². The van der Waals surface area contributed by atoms with Gasteiger partial charge in [-0.25, -0.2) is 0 Å². The standard InChI is InChI=1S/C21H30N2O3/c1-5-19(24)22-11-10-17-6-8-18(9-7-17)14-23-20(25)21(4)12-15(2)26-16(3)13-21/h5-9,15-16H,1,10-14H2,2-4H3,(H,22,24)(H,23,25). The number of amides is 2. The van der Waals surface area contributed by atoms with E-state index in [1.807, 2.05) is 45.0 Å². The highest BCUT2D eigenvalue weighted by Crippen LogP contribution is 2.36. The lowest BCUT2D eigenvalue weighted by atomic mass is 9.77. The highest BCUT2D eigenvalue weighted by atomic mass is 16.5. The van der Waals surface area contributed by atoms with Crippen LogP contribution in [0.3, 0.4) is 0 Å². The lowest BCUT2D eigenvalue weighted by molar-refractivity contribution is -0.144. The van der Waals surface area contributed by atoms with E-state index in [1.165, 1.54) is 6.08 Å². The largest absolute Gasteiger partial charge is 0.375 e. The van der Waals surface area contributed by atoms with Gasteiger partial charge in [-0.3, -0.25) is 9.59 Å². The van der Waals surface area contributed by atoms with Crippen LogP contribution in [-0.2, 0) is 27.3 Å². The zero-order valence-corrected chi connectivity index (χ0v) is 16.0. The van der Waals surface area contributed by atoms with Crippen LogP contribution in [0.5, 0.6) is 0 Å². The Bertz CT molecular complexity index is 629. The predicted octanol–water partition coefficient (Wildman–Crippen LogP) is 2.74. The van der Waals surface area contributed by atoms with Gasteiger partial charge >= 0.3 is 0 Å². The predicted molar refractivity (Wildman–Crippen MR) is 103 cm³/mol. The summed E-state index contributed by atoms with van der Waals surface area (Å²) in [4.78, 5) is 23.8. The average Bonchev–Trinajstić information content (AvgIpc) is 2.59. The molecule has 1 saturated heterocycles. The quantitative estimate of drug-likeness (QED) is 0.737. The van der Waals surface area contributed by atoms with E-state index in [0.29, 0.717) is 13.1 Å². The van der Waals surface area contributed by atoms with Crippen LogP contribution in [0, 0.1) is 5.41 Å². The molecule has 0 saturated carbocycles. The Labute approximate surface area is 156 Å². The number of nitrogens with one attached hydrogen (secondary N) is 2. The summed E-state index contributed by atoms with van der Waals surface area (Å²) in [6.45, 7) is 10.6. The van der Waals surface area contributed by atoms with Crippen LogP contribution in [-0.4, -0.2) is 30.6 Å². The first-order valence-corrected chi connectivity index (χ1v) is 9.24. The zero-order valence-electron chi connectivity index (χ0n) is 16.0. The SMILES string of the molecule is C=CC(=O)NCCc1ccc(CNC(=O)C2(C)CC(C)OC(C)C2)cc1. The van der Waals surface area contributed by atoms with Gasteiger partial charge in [-0.2, -0.15) is 0 Å². The van der Waals surface area contributed by atoms with Gasteiger partial charge in [0.2, 0.25) is 11.8 Å². The normalized spacial score (nSPS) is 25.3. The highest BCUT2D eigenvalue weighted by molar-refractivity contribution is 5.86. The first kappa shape index (κ1) is 20.2. The zero-order chi connectivity index (χ0) is 19.2. The Hall–Kier alpha value is -2.14. The number of hydrogen-bond acceptors (Lipinski definition) is 3. The van der Waals surface area contributed by atoms with E-state index < -0.39 is 0 Å². The second-order valence-electron chi connectivity index (χ2n) is 7.47. The van der Waals surface area contributed by atoms with Gasteiger partial charge in [0.05, 0.1) is 17.6 Å². The van der Waals surface area contributed by atoms with Gasteiger partial charge in [-0.05, 0) is 50.3 Å². The maximum atomic E-state index is 12.7. The maximum Gasteiger partial charge on any atom is 0.243 e. The fourth-order valence-corrected chi connectivity index (χ4v) is 3.65. The first-order chi connectivity index (χ1) is 12.3. The number of rotatable bonds is 7. The van der Waals surface area contributed by atoms with Crippen LogP contribution in [0.15, 0.2) is 36.9 Å². The molecule has 1 aliphatic rings. The Morgan fingerprint density at radius 1 is 1.15 bits per heavy atom. The summed E-state index contributed by atoms with van der Waals surface area (Å²) in [5.74, 6) is -0.0645. The summed E-state index contributed by atoms with van der Waals surface area (Å²) in [5.41, 5.74) is 1.83. The molecule has 1 fully saturated rings. The molecule has 1 aliphatic heterocycles. The molecule has 0 spiro atoms. The Balaban J connectivity index is 1.82. The Morgan fingerprint density at radius 2 is 1.73 bits per heavy atom. The molecule has 2 unspecified atom stereocenters. The lowest BCUT2D eigenvalue weighted by Gasteiger charge is -2.39. The molecule has 0 bridgehead atoms. The fourth-order valence-electron chi connectivity index (χ4n) is 3.65. The van der Waals surface area contributed by atoms with Crippen molar-refractivity contribution in [2.24, 2.45) is 5.41 Å². The van der Waals surface area contributed by atoms with Gasteiger partial charge in [0.15, 0.2) is 0 Å². The third-order valence-corrected chi connectivity index (χ3v) is 4.86. The monoisotopic (exact) mass is 358 g/mol. The van der Waals surface area contributed by atoms with Crippen molar-refractivity contribution in [2.75, 3.05) is 6.54 Å². The summed E-state index contributed by atoms with van der Waals surface area (Å²) in [7, 11) is 0. The molecular weight excluding hydrogens is 328 g/mol. The van der Waals surface area contributed by atoms with Crippen molar-refractivity contribution >= 4 is 11.8 Å². The minimum absolute atomic E-state index is 0.0933. The number of benzene rings is 1. The van der Waals surface area contributed by atoms with Gasteiger partial charge in [-0.15, -0.1) is 0 Å². The summed E-state index contributed by atoms with van der Waals surface area (Å²) in [6.07, 6.45) is 3.74. The van der Waals surface area contributed by atoms with Crippen LogP contribution in [0.25, 0.3) is 0 Å². The molecule has 1 aromatic carbocycles. The van der Waals surface area contributed by atoms with E-state index in [0.717, 1.165) is 30.4 Å². The third-order valence-electron chi connectivity index (χ3n) is 4.86. The van der Waals surface area contributed by atoms with Crippen LogP contribution in [0.4, 0.5) is 0 Å². The van der Waals surface area contributed by atoms with E-state index in [4.69, 9.17) is 4.74 Å². The molecular formula is C21H30N2O3. The first-order valence-electron chi connectivity index (χ1n) is 9.24. The number of carbonyl (C=O) groups excluding carboxylic acids is 2. The summed E-state index contributed by atoms with van der Waals surface area (Å²) in [6, 6.07) is 8.09. The van der Waals surface area contributed by atoms with Gasteiger partial charge < -0.3 is 15.4 Å². The van der Waals surface area contributed by atoms with Crippen LogP contribution < -0.4 is 10.6 Å². The molecule has 142 valence electrons. The summed E-state index contributed by atoms with van der Waals surface area (Å²) < 4.78 is 5.75. The molecule has 0 aliphatic carbocycles. The van der Waals surface area contributed by atoms with Crippen molar-refractivity contribution < 1.29 is 14.3 Å². The van der Waals surface area contributed by atoms with E-state index >= 15 is 0 Å². The molecule has 26 heavy (non-hydrogen) atoms. The van der Waals surface area contributed by atoms with Crippen LogP contribution in [0.2, 0.25) is 0 Å². The van der Waals surface area contributed by atoms with Gasteiger partial charge in [0.1, 0.15) is 0 Å². The van der Waals surface area contributed by atoms with Crippen molar-refractivity contribution in [2.45, 2.75) is 58.8 Å². The number of carbonyl (C=O) groups is 2. The molecule has 2 N–H and O–H groups in total. The van der Waals surface area contributed by atoms with E-state index in [2.05, 4.69) is 17.2 Å². The summed E-state index contributed by atoms with van der Waals surface area (Å²) >= 11 is 0. The third kappa shape index (κ3) is 5.70. The van der Waals surface area contributed by atoms with Crippen molar-refractivity contribution in [1.82, 2.24) is 10.6 Å². The van der Waals surface area contributed by atoms with Crippen LogP contribution in [0.1, 0.15) is 44.7 Å². The summed E-state index contributed by atoms with van der Waals surface area (Å²) in [5, 5.41) is 5.83. The van der Waals surface area contributed by atoms with E-state index in [-0.39, 0.29) is 29.4 Å². The second-order valence-corrected chi connectivity index (χ2v) is 7.47. The number of hydrogen-bond donors (Lipinski definition) is 2.